The Morgan fingerprint density at radius 3 is 1.85 bits per heavy atom. The maximum Gasteiger partial charge on any atom is 0.213 e. The first-order valence-corrected chi connectivity index (χ1v) is 8.53. The summed E-state index contributed by atoms with van der Waals surface area (Å²) >= 11 is 0. The molecule has 0 saturated carbocycles. The highest BCUT2D eigenvalue weighted by molar-refractivity contribution is 6.09. The average Bonchev–Trinajstić information content (AvgIpc) is 3.03. The zero-order valence-corrected chi connectivity index (χ0v) is 13.9. The normalized spacial score (nSPS) is 11.3. The second-order valence-electron chi connectivity index (χ2n) is 6.26. The van der Waals surface area contributed by atoms with Gasteiger partial charge in [-0.2, -0.15) is 4.39 Å². The molecule has 0 fully saturated rings. The van der Waals surface area contributed by atoms with E-state index >= 15 is 0 Å². The van der Waals surface area contributed by atoms with Gasteiger partial charge in [-0.15, -0.1) is 0 Å². The summed E-state index contributed by atoms with van der Waals surface area (Å²) in [7, 11) is 0. The third kappa shape index (κ3) is 2.29. The van der Waals surface area contributed by atoms with E-state index in [4.69, 9.17) is 0 Å². The van der Waals surface area contributed by atoms with Gasteiger partial charge in [0.15, 0.2) is 0 Å². The van der Waals surface area contributed by atoms with Crippen molar-refractivity contribution < 1.29 is 4.39 Å². The lowest BCUT2D eigenvalue weighted by molar-refractivity contribution is 0.585. The van der Waals surface area contributed by atoms with Crippen LogP contribution < -0.4 is 0 Å². The molecule has 0 aliphatic carbocycles. The van der Waals surface area contributed by atoms with E-state index in [1.807, 2.05) is 18.2 Å². The molecule has 0 unspecified atom stereocenters. The van der Waals surface area contributed by atoms with Crippen molar-refractivity contribution in [2.75, 3.05) is 0 Å². The van der Waals surface area contributed by atoms with Gasteiger partial charge in [0.2, 0.25) is 5.95 Å². The first-order valence-electron chi connectivity index (χ1n) is 8.53. The monoisotopic (exact) mass is 338 g/mol. The van der Waals surface area contributed by atoms with Crippen molar-refractivity contribution in [3.05, 3.63) is 96.9 Å². The average molecular weight is 338 g/mol. The standard InChI is InChI=1S/C23H15FN2/c24-23-11-5-8-20(25-23)16-12-14-17(15-13-16)26-21-9-3-1-6-18(21)19-7-2-4-10-22(19)26/h1-15H. The third-order valence-electron chi connectivity index (χ3n) is 4.72. The van der Waals surface area contributed by atoms with Crippen molar-refractivity contribution in [2.24, 2.45) is 0 Å². The van der Waals surface area contributed by atoms with Crippen LogP contribution in [0.4, 0.5) is 4.39 Å². The van der Waals surface area contributed by atoms with Crippen molar-refractivity contribution >= 4 is 21.8 Å². The summed E-state index contributed by atoms with van der Waals surface area (Å²) in [4.78, 5) is 3.96. The largest absolute Gasteiger partial charge is 0.309 e. The molecule has 5 aromatic rings. The molecular formula is C23H15FN2. The van der Waals surface area contributed by atoms with Crippen molar-refractivity contribution in [1.29, 1.82) is 0 Å². The second-order valence-corrected chi connectivity index (χ2v) is 6.26. The van der Waals surface area contributed by atoms with Crippen LogP contribution in [0, 0.1) is 5.95 Å². The molecule has 5 rings (SSSR count). The molecule has 0 radical (unpaired) electrons. The van der Waals surface area contributed by atoms with Gasteiger partial charge >= 0.3 is 0 Å². The summed E-state index contributed by atoms with van der Waals surface area (Å²) in [5, 5.41) is 2.47. The Balaban J connectivity index is 1.70. The summed E-state index contributed by atoms with van der Waals surface area (Å²) in [6, 6.07) is 29.8. The lowest BCUT2D eigenvalue weighted by Crippen LogP contribution is -1.94. The zero-order valence-electron chi connectivity index (χ0n) is 13.9. The van der Waals surface area contributed by atoms with Gasteiger partial charge in [-0.1, -0.05) is 54.6 Å². The Morgan fingerprint density at radius 2 is 1.23 bits per heavy atom. The van der Waals surface area contributed by atoms with Gasteiger partial charge in [0.1, 0.15) is 0 Å². The van der Waals surface area contributed by atoms with Crippen LogP contribution in [0.25, 0.3) is 38.8 Å². The van der Waals surface area contributed by atoms with E-state index in [1.165, 1.54) is 27.9 Å². The van der Waals surface area contributed by atoms with E-state index in [-0.39, 0.29) is 0 Å². The Hall–Kier alpha value is -3.46. The molecule has 0 amide bonds. The fourth-order valence-corrected chi connectivity index (χ4v) is 3.55. The number of nitrogens with zero attached hydrogens (tertiary/aromatic N) is 2. The van der Waals surface area contributed by atoms with Gasteiger partial charge in [-0.3, -0.25) is 0 Å². The van der Waals surface area contributed by atoms with E-state index in [0.29, 0.717) is 5.69 Å². The molecule has 0 atom stereocenters. The molecule has 2 heterocycles. The van der Waals surface area contributed by atoms with Crippen molar-refractivity contribution in [2.45, 2.75) is 0 Å². The molecular weight excluding hydrogens is 323 g/mol. The summed E-state index contributed by atoms with van der Waals surface area (Å²) < 4.78 is 15.6. The Bertz CT molecular complexity index is 1180. The highest BCUT2D eigenvalue weighted by Gasteiger charge is 2.11. The van der Waals surface area contributed by atoms with Crippen LogP contribution in [0.3, 0.4) is 0 Å². The molecule has 2 nitrogen and oxygen atoms in total. The number of rotatable bonds is 2. The predicted molar refractivity (Wildman–Crippen MR) is 104 cm³/mol. The topological polar surface area (TPSA) is 17.8 Å². The molecule has 0 aliphatic rings. The smallest absolute Gasteiger partial charge is 0.213 e. The molecule has 2 aromatic heterocycles. The van der Waals surface area contributed by atoms with Crippen LogP contribution in [-0.2, 0) is 0 Å². The number of benzene rings is 3. The summed E-state index contributed by atoms with van der Waals surface area (Å²) in [5.74, 6) is -0.464. The van der Waals surface area contributed by atoms with Gasteiger partial charge in [0.05, 0.1) is 16.7 Å². The molecule has 0 saturated heterocycles. The van der Waals surface area contributed by atoms with E-state index in [9.17, 15) is 4.39 Å². The zero-order chi connectivity index (χ0) is 17.5. The summed E-state index contributed by atoms with van der Waals surface area (Å²) in [6.45, 7) is 0. The van der Waals surface area contributed by atoms with E-state index in [2.05, 4.69) is 70.2 Å². The SMILES string of the molecule is Fc1cccc(-c2ccc(-n3c4ccccc4c4ccccc43)cc2)n1. The summed E-state index contributed by atoms with van der Waals surface area (Å²) in [5.41, 5.74) is 4.95. The number of para-hydroxylation sites is 2. The minimum absolute atomic E-state index is 0.464. The first-order chi connectivity index (χ1) is 12.8. The number of fused-ring (bicyclic) bond motifs is 3. The number of hydrogen-bond donors (Lipinski definition) is 0. The third-order valence-corrected chi connectivity index (χ3v) is 4.72. The van der Waals surface area contributed by atoms with Crippen LogP contribution in [0.2, 0.25) is 0 Å². The first kappa shape index (κ1) is 14.8. The molecule has 124 valence electrons. The Kier molecular flexibility index (Phi) is 3.32. The van der Waals surface area contributed by atoms with Crippen molar-refractivity contribution in [1.82, 2.24) is 9.55 Å². The van der Waals surface area contributed by atoms with Crippen molar-refractivity contribution in [3.8, 4) is 16.9 Å². The van der Waals surface area contributed by atoms with E-state index in [1.54, 1.807) is 6.07 Å². The molecule has 0 bridgehead atoms. The number of pyridine rings is 1. The minimum atomic E-state index is -0.464. The van der Waals surface area contributed by atoms with Gasteiger partial charge in [-0.05, 0) is 36.4 Å². The minimum Gasteiger partial charge on any atom is -0.309 e. The van der Waals surface area contributed by atoms with Gasteiger partial charge < -0.3 is 4.57 Å². The number of aromatic nitrogens is 2. The van der Waals surface area contributed by atoms with Crippen molar-refractivity contribution in [3.63, 3.8) is 0 Å². The second kappa shape index (κ2) is 5.81. The molecule has 3 heteroatoms. The van der Waals surface area contributed by atoms with E-state index < -0.39 is 5.95 Å². The predicted octanol–water partition coefficient (Wildman–Crippen LogP) is 5.98. The van der Waals surface area contributed by atoms with Gasteiger partial charge in [0.25, 0.3) is 0 Å². The molecule has 3 aromatic carbocycles. The molecule has 26 heavy (non-hydrogen) atoms. The highest BCUT2D eigenvalue weighted by Crippen LogP contribution is 2.32. The van der Waals surface area contributed by atoms with Gasteiger partial charge in [0, 0.05) is 22.0 Å². The summed E-state index contributed by atoms with van der Waals surface area (Å²) in [6.07, 6.45) is 0. The quantitative estimate of drug-likeness (QED) is 0.362. The Morgan fingerprint density at radius 1 is 0.615 bits per heavy atom. The maximum atomic E-state index is 13.4. The van der Waals surface area contributed by atoms with Gasteiger partial charge in [-0.25, -0.2) is 4.98 Å². The molecule has 0 spiro atoms. The fraction of sp³-hybridized carbons (Fsp3) is 0. The fourth-order valence-electron chi connectivity index (χ4n) is 3.55. The van der Waals surface area contributed by atoms with Crippen LogP contribution in [0.1, 0.15) is 0 Å². The van der Waals surface area contributed by atoms with Crippen LogP contribution in [0.15, 0.2) is 91.0 Å². The maximum absolute atomic E-state index is 13.4. The van der Waals surface area contributed by atoms with Crippen LogP contribution >= 0.6 is 0 Å². The number of hydrogen-bond acceptors (Lipinski definition) is 1. The number of halogens is 1. The molecule has 0 aliphatic heterocycles. The van der Waals surface area contributed by atoms with Crippen LogP contribution in [-0.4, -0.2) is 9.55 Å². The molecule has 0 N–H and O–H groups in total. The lowest BCUT2D eigenvalue weighted by Gasteiger charge is -2.09. The highest BCUT2D eigenvalue weighted by atomic mass is 19.1. The lowest BCUT2D eigenvalue weighted by atomic mass is 10.1. The van der Waals surface area contributed by atoms with E-state index in [0.717, 1.165) is 11.3 Å². The van der Waals surface area contributed by atoms with Crippen LogP contribution in [0.5, 0.6) is 0 Å². The Labute approximate surface area is 150 Å².